The summed E-state index contributed by atoms with van der Waals surface area (Å²) in [6, 6.07) is 1.49. The molecule has 0 saturated heterocycles. The van der Waals surface area contributed by atoms with Crippen LogP contribution in [0, 0.1) is 17.0 Å². The van der Waals surface area contributed by atoms with Crippen molar-refractivity contribution in [3.8, 4) is 0 Å². The Morgan fingerprint density at radius 1 is 1.61 bits per heavy atom. The molecular weight excluding hydrogens is 234 g/mol. The Bertz CT molecular complexity index is 437. The molecule has 1 aromatic heterocycles. The fourth-order valence-corrected chi connectivity index (χ4v) is 1.65. The largest absolute Gasteiger partial charge is 0.396 e. The van der Waals surface area contributed by atoms with Crippen LogP contribution in [0.1, 0.15) is 32.3 Å². The molecule has 0 spiro atoms. The van der Waals surface area contributed by atoms with Crippen molar-refractivity contribution in [2.45, 2.75) is 39.2 Å². The standard InChI is InChI=1S/C12H19N3O3/c1-4-12(3,5-6-16)14-11-10(15(17)18)7-9(2)8-13-11/h7-8,16H,4-6H2,1-3H3,(H,13,14). The van der Waals surface area contributed by atoms with Crippen molar-refractivity contribution >= 4 is 11.5 Å². The van der Waals surface area contributed by atoms with Crippen LogP contribution in [0.25, 0.3) is 0 Å². The number of rotatable bonds is 6. The van der Waals surface area contributed by atoms with E-state index in [0.29, 0.717) is 6.42 Å². The summed E-state index contributed by atoms with van der Waals surface area (Å²) in [5, 5.41) is 23.1. The van der Waals surface area contributed by atoms with Gasteiger partial charge in [-0.2, -0.15) is 0 Å². The summed E-state index contributed by atoms with van der Waals surface area (Å²) < 4.78 is 0. The lowest BCUT2D eigenvalue weighted by atomic mass is 9.95. The Hall–Kier alpha value is -1.69. The van der Waals surface area contributed by atoms with Gasteiger partial charge in [0.2, 0.25) is 5.82 Å². The quantitative estimate of drug-likeness (QED) is 0.599. The first kappa shape index (κ1) is 14.4. The third-order valence-electron chi connectivity index (χ3n) is 3.07. The lowest BCUT2D eigenvalue weighted by molar-refractivity contribution is -0.384. The van der Waals surface area contributed by atoms with Crippen LogP contribution < -0.4 is 5.32 Å². The molecule has 2 N–H and O–H groups in total. The van der Waals surface area contributed by atoms with Gasteiger partial charge in [0.05, 0.1) is 4.92 Å². The molecule has 0 aliphatic carbocycles. The molecule has 0 aliphatic rings. The second kappa shape index (κ2) is 5.77. The van der Waals surface area contributed by atoms with Crippen LogP contribution in [0.2, 0.25) is 0 Å². The second-order valence-corrected chi connectivity index (χ2v) is 4.65. The average Bonchev–Trinajstić information content (AvgIpc) is 2.31. The van der Waals surface area contributed by atoms with Gasteiger partial charge in [0, 0.05) is 24.4 Å². The molecule has 0 saturated carbocycles. The molecule has 6 nitrogen and oxygen atoms in total. The monoisotopic (exact) mass is 253 g/mol. The Kier molecular flexibility index (Phi) is 4.61. The van der Waals surface area contributed by atoms with E-state index in [-0.39, 0.29) is 18.1 Å². The average molecular weight is 253 g/mol. The molecule has 0 aromatic carbocycles. The molecule has 1 atom stereocenters. The highest BCUT2D eigenvalue weighted by atomic mass is 16.6. The van der Waals surface area contributed by atoms with Crippen molar-refractivity contribution < 1.29 is 10.0 Å². The van der Waals surface area contributed by atoms with E-state index in [1.54, 1.807) is 13.1 Å². The molecule has 0 amide bonds. The van der Waals surface area contributed by atoms with E-state index in [1.165, 1.54) is 6.07 Å². The number of nitrogens with one attached hydrogen (secondary N) is 1. The van der Waals surface area contributed by atoms with E-state index in [1.807, 2.05) is 13.8 Å². The molecule has 1 unspecified atom stereocenters. The Labute approximate surface area is 106 Å². The van der Waals surface area contributed by atoms with E-state index >= 15 is 0 Å². The molecule has 1 rings (SSSR count). The topological polar surface area (TPSA) is 88.3 Å². The Balaban J connectivity index is 3.06. The van der Waals surface area contributed by atoms with Crippen LogP contribution in [0.4, 0.5) is 11.5 Å². The van der Waals surface area contributed by atoms with Crippen LogP contribution in [0.5, 0.6) is 0 Å². The number of aliphatic hydroxyl groups excluding tert-OH is 1. The predicted octanol–water partition coefficient (Wildman–Crippen LogP) is 2.26. The normalized spacial score (nSPS) is 14.0. The Morgan fingerprint density at radius 3 is 2.78 bits per heavy atom. The van der Waals surface area contributed by atoms with Crippen molar-refractivity contribution in [3.63, 3.8) is 0 Å². The third kappa shape index (κ3) is 3.40. The summed E-state index contributed by atoms with van der Waals surface area (Å²) in [4.78, 5) is 14.6. The number of hydrogen-bond acceptors (Lipinski definition) is 5. The van der Waals surface area contributed by atoms with E-state index < -0.39 is 10.5 Å². The number of anilines is 1. The molecule has 100 valence electrons. The first-order valence-corrected chi connectivity index (χ1v) is 5.92. The number of pyridine rings is 1. The molecule has 0 fully saturated rings. The van der Waals surface area contributed by atoms with Crippen LogP contribution in [0.3, 0.4) is 0 Å². The maximum atomic E-state index is 11.0. The first-order valence-electron chi connectivity index (χ1n) is 5.92. The van der Waals surface area contributed by atoms with Crippen molar-refractivity contribution in [2.75, 3.05) is 11.9 Å². The highest BCUT2D eigenvalue weighted by Gasteiger charge is 2.26. The fourth-order valence-electron chi connectivity index (χ4n) is 1.65. The maximum absolute atomic E-state index is 11.0. The van der Waals surface area contributed by atoms with Crippen molar-refractivity contribution in [1.82, 2.24) is 4.98 Å². The van der Waals surface area contributed by atoms with Crippen LogP contribution >= 0.6 is 0 Å². The van der Waals surface area contributed by atoms with Gasteiger partial charge in [-0.15, -0.1) is 0 Å². The number of aliphatic hydroxyl groups is 1. The minimum atomic E-state index is -0.447. The zero-order valence-corrected chi connectivity index (χ0v) is 10.9. The summed E-state index contributed by atoms with van der Waals surface area (Å²) in [5.74, 6) is 0.253. The lowest BCUT2D eigenvalue weighted by Gasteiger charge is -2.29. The van der Waals surface area contributed by atoms with E-state index in [4.69, 9.17) is 5.11 Å². The number of hydrogen-bond donors (Lipinski definition) is 2. The summed E-state index contributed by atoms with van der Waals surface area (Å²) in [6.45, 7) is 5.66. The van der Waals surface area contributed by atoms with Crippen LogP contribution in [-0.4, -0.2) is 27.2 Å². The third-order valence-corrected chi connectivity index (χ3v) is 3.07. The Morgan fingerprint density at radius 2 is 2.28 bits per heavy atom. The predicted molar refractivity (Wildman–Crippen MR) is 69.6 cm³/mol. The first-order chi connectivity index (χ1) is 8.41. The highest BCUT2D eigenvalue weighted by molar-refractivity contribution is 5.57. The summed E-state index contributed by atoms with van der Waals surface area (Å²) in [6.07, 6.45) is 2.83. The van der Waals surface area contributed by atoms with Gasteiger partial charge in [-0.25, -0.2) is 4.98 Å². The number of aryl methyl sites for hydroxylation is 1. The molecule has 0 aliphatic heterocycles. The van der Waals surface area contributed by atoms with Gasteiger partial charge in [-0.3, -0.25) is 10.1 Å². The smallest absolute Gasteiger partial charge is 0.311 e. The lowest BCUT2D eigenvalue weighted by Crippen LogP contribution is -2.35. The van der Waals surface area contributed by atoms with E-state index in [9.17, 15) is 10.1 Å². The fraction of sp³-hybridized carbons (Fsp3) is 0.583. The number of aromatic nitrogens is 1. The molecule has 6 heteroatoms. The number of nitro groups is 1. The minimum absolute atomic E-state index is 0.0248. The van der Waals surface area contributed by atoms with E-state index in [2.05, 4.69) is 10.3 Å². The van der Waals surface area contributed by atoms with Gasteiger partial charge in [0.15, 0.2) is 0 Å². The molecule has 18 heavy (non-hydrogen) atoms. The SMILES string of the molecule is CCC(C)(CCO)Nc1ncc(C)cc1[N+](=O)[O-]. The zero-order valence-electron chi connectivity index (χ0n) is 10.9. The van der Waals surface area contributed by atoms with Crippen molar-refractivity contribution in [2.24, 2.45) is 0 Å². The second-order valence-electron chi connectivity index (χ2n) is 4.65. The maximum Gasteiger partial charge on any atom is 0.311 e. The van der Waals surface area contributed by atoms with Crippen LogP contribution in [-0.2, 0) is 0 Å². The van der Waals surface area contributed by atoms with Gasteiger partial charge < -0.3 is 10.4 Å². The van der Waals surface area contributed by atoms with Crippen LogP contribution in [0.15, 0.2) is 12.3 Å². The van der Waals surface area contributed by atoms with Crippen molar-refractivity contribution in [3.05, 3.63) is 27.9 Å². The summed E-state index contributed by atoms with van der Waals surface area (Å²) in [7, 11) is 0. The van der Waals surface area contributed by atoms with Gasteiger partial charge in [-0.1, -0.05) is 6.92 Å². The molecular formula is C12H19N3O3. The van der Waals surface area contributed by atoms with Gasteiger partial charge in [-0.05, 0) is 32.3 Å². The summed E-state index contributed by atoms with van der Waals surface area (Å²) in [5.41, 5.74) is 0.308. The van der Waals surface area contributed by atoms with Gasteiger partial charge >= 0.3 is 5.69 Å². The number of nitrogens with zero attached hydrogens (tertiary/aromatic N) is 2. The summed E-state index contributed by atoms with van der Waals surface area (Å²) >= 11 is 0. The highest BCUT2D eigenvalue weighted by Crippen LogP contribution is 2.28. The molecule has 1 heterocycles. The zero-order chi connectivity index (χ0) is 13.8. The van der Waals surface area contributed by atoms with Gasteiger partial charge in [0.25, 0.3) is 0 Å². The molecule has 1 aromatic rings. The van der Waals surface area contributed by atoms with Crippen molar-refractivity contribution in [1.29, 1.82) is 0 Å². The molecule has 0 bridgehead atoms. The van der Waals surface area contributed by atoms with Gasteiger partial charge in [0.1, 0.15) is 0 Å². The minimum Gasteiger partial charge on any atom is -0.396 e. The molecule has 0 radical (unpaired) electrons. The van der Waals surface area contributed by atoms with E-state index in [0.717, 1.165) is 12.0 Å².